The number of anilines is 4. The molecular formula is C79H117BrCl4N14O5. The third kappa shape index (κ3) is 27.6. The van der Waals surface area contributed by atoms with Gasteiger partial charge >= 0.3 is 0 Å². The first-order valence-electron chi connectivity index (χ1n) is 37.3. The van der Waals surface area contributed by atoms with E-state index in [0.717, 1.165) is 217 Å². The lowest BCUT2D eigenvalue weighted by atomic mass is 10.1. The number of nitrogens with one attached hydrogen (secondary N) is 2. The predicted octanol–water partition coefficient (Wildman–Crippen LogP) is 14.1. The molecule has 7 N–H and O–H groups in total. The van der Waals surface area contributed by atoms with Crippen molar-refractivity contribution >= 4 is 102 Å². The normalized spacial score (nSPS) is 18.1. The van der Waals surface area contributed by atoms with Crippen LogP contribution in [0.1, 0.15) is 113 Å². The van der Waals surface area contributed by atoms with E-state index in [1.54, 1.807) is 0 Å². The Morgan fingerprint density at radius 2 is 0.951 bits per heavy atom. The molecule has 1 amide bonds. The molecule has 1 saturated carbocycles. The highest BCUT2D eigenvalue weighted by atomic mass is 79.9. The van der Waals surface area contributed by atoms with E-state index in [2.05, 4.69) is 176 Å². The molecule has 24 heteroatoms. The Hall–Kier alpha value is -5.10. The molecule has 0 bridgehead atoms. The number of rotatable bonds is 28. The van der Waals surface area contributed by atoms with Gasteiger partial charge in [0.25, 0.3) is 5.91 Å². The van der Waals surface area contributed by atoms with E-state index in [-0.39, 0.29) is 32.5 Å². The van der Waals surface area contributed by atoms with Crippen molar-refractivity contribution in [2.75, 3.05) is 182 Å². The predicted molar refractivity (Wildman–Crippen MR) is 436 cm³/mol. The molecule has 4 unspecified atom stereocenters. The minimum Gasteiger partial charge on any atom is -0.393 e. The first kappa shape index (κ1) is 85.2. The van der Waals surface area contributed by atoms with E-state index in [1.807, 2.05) is 30.3 Å². The number of epoxide rings is 1. The molecule has 6 aliphatic rings. The zero-order valence-electron chi connectivity index (χ0n) is 60.7. The fourth-order valence-electron chi connectivity index (χ4n) is 13.2. The molecule has 6 aromatic rings. The Balaban J connectivity index is 0.000000189. The highest BCUT2D eigenvalue weighted by molar-refractivity contribution is 9.09. The number of para-hydroxylation sites is 1. The van der Waals surface area contributed by atoms with Crippen LogP contribution in [0.4, 0.5) is 22.7 Å². The van der Waals surface area contributed by atoms with Crippen LogP contribution in [0, 0.1) is 5.92 Å². The number of H-pyrrole nitrogens is 1. The van der Waals surface area contributed by atoms with Crippen LogP contribution in [0.2, 0.25) is 20.1 Å². The number of nitrogens with zero attached hydrogens (tertiary/aromatic N) is 11. The lowest BCUT2D eigenvalue weighted by Crippen LogP contribution is -2.47. The molecule has 5 aliphatic heterocycles. The van der Waals surface area contributed by atoms with Crippen molar-refractivity contribution in [2.24, 2.45) is 16.8 Å². The number of aliphatic hydroxyl groups is 3. The molecule has 1 aliphatic carbocycles. The second-order valence-electron chi connectivity index (χ2n) is 27.4. The standard InChI is InChI=1S/C25H31ClN4O2.C16H24ClN5O.C16H26ClN3O.C16H23ClN2O.C5H9Br.CH4/c1-2-18-7-5-9-23(24(18)26)30-14-12-29(13-15-30)11-10-20(31)17-27-25(32)22-16-19-6-3-4-8-21(19)28-22;1-2-13-4-3-5-15(16(13)17)22-10-8-21(9-11-22)7-6-14(23)12-19-20-18;1-2-13-4-3-5-15(16(13)17)20-10-8-19(9-11-20)7-6-14(21)12-18;1-2-13-4-3-5-15(16(13)17)19-10-8-18(9-11-19)7-6-14-12-20-14;6-4-3-5-1-2-5;/h3-9,16,20,28,31H,2,10-15,17H2,1H3,(H,27,32);3-5,14,23H,2,6-12H2,1H3;3-5,14,21H,2,6-12,18H2,1H3;3-5,14H,2,6-12H2,1H3;5H,1-4H2;1H4. The molecule has 19 nitrogen and oxygen atoms in total. The Labute approximate surface area is 643 Å². The number of azide groups is 1. The maximum Gasteiger partial charge on any atom is 0.267 e. The van der Waals surface area contributed by atoms with Gasteiger partial charge in [0.05, 0.1) is 80.4 Å². The minimum absolute atomic E-state index is 0. The molecular weight excluding hydrogens is 1450 g/mol. The Morgan fingerprint density at radius 3 is 1.29 bits per heavy atom. The fourth-order valence-corrected chi connectivity index (χ4v) is 15.4. The summed E-state index contributed by atoms with van der Waals surface area (Å²) < 4.78 is 5.28. The van der Waals surface area contributed by atoms with Gasteiger partial charge in [-0.15, -0.1) is 0 Å². The van der Waals surface area contributed by atoms with Crippen LogP contribution < -0.4 is 30.7 Å². The largest absolute Gasteiger partial charge is 0.393 e. The van der Waals surface area contributed by atoms with Crippen molar-refractivity contribution < 1.29 is 24.9 Å². The maximum absolute atomic E-state index is 12.4. The summed E-state index contributed by atoms with van der Waals surface area (Å²) in [5.41, 5.74) is 24.6. The highest BCUT2D eigenvalue weighted by Gasteiger charge is 2.27. The monoisotopic (exact) mass is 1560 g/mol. The van der Waals surface area contributed by atoms with Gasteiger partial charge in [0.1, 0.15) is 5.69 Å². The van der Waals surface area contributed by atoms with Gasteiger partial charge in [-0.05, 0) is 128 Å². The van der Waals surface area contributed by atoms with Gasteiger partial charge < -0.3 is 55.7 Å². The molecule has 103 heavy (non-hydrogen) atoms. The average Bonchev–Trinajstić information content (AvgIpc) is 1.31. The second-order valence-corrected chi connectivity index (χ2v) is 29.7. The number of carbonyl (C=O) groups is 1. The number of piperazine rings is 4. The SMILES string of the molecule is BrCCC1CC1.C.CCc1cccc(N2CCN(CCC(O)CN)CC2)c1Cl.CCc1cccc(N2CCN(CCC(O)CN=[N+]=[N-])CC2)c1Cl.CCc1cccc(N2CCN(CCC(O)CNC(=O)c3cc4ccccc4[nH]3)CC2)c1Cl.CCc1cccc(N2CCN(CCC3CO3)CC2)c1Cl. The molecule has 6 heterocycles. The molecule has 12 rings (SSSR count). The summed E-state index contributed by atoms with van der Waals surface area (Å²) in [6, 6.07) is 34.8. The van der Waals surface area contributed by atoms with Gasteiger partial charge in [-0.25, -0.2) is 0 Å². The summed E-state index contributed by atoms with van der Waals surface area (Å²) in [5, 5.41) is 41.6. The van der Waals surface area contributed by atoms with E-state index in [4.69, 9.17) is 62.4 Å². The summed E-state index contributed by atoms with van der Waals surface area (Å²) in [4.78, 5) is 37.2. The van der Waals surface area contributed by atoms with Crippen LogP contribution >= 0.6 is 62.3 Å². The fraction of sp³-hybridized carbons (Fsp3) is 0.582. The number of hydrogen-bond donors (Lipinski definition) is 6. The van der Waals surface area contributed by atoms with Gasteiger partial charge in [-0.3, -0.25) is 24.4 Å². The molecule has 0 radical (unpaired) electrons. The van der Waals surface area contributed by atoms with Crippen molar-refractivity contribution in [1.29, 1.82) is 0 Å². The van der Waals surface area contributed by atoms with Gasteiger partial charge in [0.2, 0.25) is 0 Å². The molecule has 6 fully saturated rings. The molecule has 4 atom stereocenters. The lowest BCUT2D eigenvalue weighted by molar-refractivity contribution is 0.0893. The first-order valence-corrected chi connectivity index (χ1v) is 40.0. The molecule has 568 valence electrons. The number of alkyl halides is 1. The van der Waals surface area contributed by atoms with E-state index < -0.39 is 12.2 Å². The summed E-state index contributed by atoms with van der Waals surface area (Å²) in [6.45, 7) is 29.7. The van der Waals surface area contributed by atoms with Crippen LogP contribution in [0.5, 0.6) is 0 Å². The van der Waals surface area contributed by atoms with E-state index in [1.165, 1.54) is 65.5 Å². The number of ether oxygens (including phenoxy) is 1. The molecule has 5 saturated heterocycles. The average molecular weight is 1560 g/mol. The van der Waals surface area contributed by atoms with Gasteiger partial charge in [0.15, 0.2) is 0 Å². The second kappa shape index (κ2) is 45.5. The quantitative estimate of drug-likeness (QED) is 0.00885. The van der Waals surface area contributed by atoms with Crippen LogP contribution in [-0.2, 0) is 30.4 Å². The number of aliphatic hydroxyl groups excluding tert-OH is 3. The topological polar surface area (TPSA) is 219 Å². The third-order valence-electron chi connectivity index (χ3n) is 20.2. The smallest absolute Gasteiger partial charge is 0.267 e. The third-order valence-corrected chi connectivity index (χ3v) is 22.4. The van der Waals surface area contributed by atoms with Crippen molar-refractivity contribution in [3.8, 4) is 0 Å². The van der Waals surface area contributed by atoms with Gasteiger partial charge in [-0.2, -0.15) is 0 Å². The van der Waals surface area contributed by atoms with Crippen LogP contribution in [0.3, 0.4) is 0 Å². The van der Waals surface area contributed by atoms with Crippen LogP contribution in [0.25, 0.3) is 21.3 Å². The van der Waals surface area contributed by atoms with Crippen LogP contribution in [0.15, 0.2) is 108 Å². The molecule has 1 aromatic heterocycles. The van der Waals surface area contributed by atoms with Crippen LogP contribution in [-0.4, -0.2) is 233 Å². The van der Waals surface area contributed by atoms with Gasteiger partial charge in [0, 0.05) is 165 Å². The number of amides is 1. The number of carbonyl (C=O) groups excluding carboxylic acids is 1. The summed E-state index contributed by atoms with van der Waals surface area (Å²) in [5.74, 6) is 0.907. The number of fused-ring (bicyclic) bond motifs is 1. The number of nitrogens with two attached hydrogens (primary N) is 1. The summed E-state index contributed by atoms with van der Waals surface area (Å²) in [7, 11) is 0. The van der Waals surface area contributed by atoms with E-state index >= 15 is 0 Å². The van der Waals surface area contributed by atoms with Crippen molar-refractivity contribution in [1.82, 2.24) is 29.9 Å². The highest BCUT2D eigenvalue weighted by Crippen LogP contribution is 2.35. The number of hydrogen-bond acceptors (Lipinski definition) is 15. The number of aromatic amines is 1. The number of aromatic nitrogens is 1. The summed E-state index contributed by atoms with van der Waals surface area (Å²) in [6.07, 6.45) is 10.4. The first-order chi connectivity index (χ1) is 49.6. The molecule has 0 spiro atoms. The zero-order chi connectivity index (χ0) is 72.8. The minimum atomic E-state index is -0.572. The lowest BCUT2D eigenvalue weighted by Gasteiger charge is -2.37. The van der Waals surface area contributed by atoms with Crippen molar-refractivity contribution in [2.45, 2.75) is 130 Å². The van der Waals surface area contributed by atoms with E-state index in [0.29, 0.717) is 31.2 Å². The zero-order valence-corrected chi connectivity index (χ0v) is 65.3. The summed E-state index contributed by atoms with van der Waals surface area (Å²) >= 11 is 29.5. The van der Waals surface area contributed by atoms with Crippen molar-refractivity contribution in [3.05, 3.63) is 162 Å². The number of benzene rings is 5. The molecule has 5 aromatic carbocycles. The Morgan fingerprint density at radius 1 is 0.573 bits per heavy atom. The number of aryl methyl sites for hydroxylation is 4. The maximum atomic E-state index is 12.4. The van der Waals surface area contributed by atoms with Gasteiger partial charge in [-0.1, -0.05) is 182 Å². The Kier molecular flexibility index (Phi) is 37.6. The number of halogens is 5. The van der Waals surface area contributed by atoms with E-state index in [9.17, 15) is 20.1 Å². The van der Waals surface area contributed by atoms with Crippen molar-refractivity contribution in [3.63, 3.8) is 0 Å². The Bertz CT molecular complexity index is 3460.